The monoisotopic (exact) mass is 454 g/mol. The normalized spacial score (nSPS) is 12.7. The number of hydrogen-bond donors (Lipinski definition) is 3. The number of nitrogens with zero attached hydrogens (tertiary/aromatic N) is 5. The number of anilines is 3. The van der Waals surface area contributed by atoms with Gasteiger partial charge in [-0.1, -0.05) is 18.1 Å². The third kappa shape index (κ3) is 6.39. The van der Waals surface area contributed by atoms with Gasteiger partial charge >= 0.3 is 6.18 Å². The SMILES string of the molecule is C#Cc1ccc2nc(NCc3ccc(NC=NC=NC)cc3)nc(N[C@@H](C)C(F)(F)F)c2n1. The van der Waals surface area contributed by atoms with Gasteiger partial charge in [0.15, 0.2) is 5.82 Å². The fourth-order valence-electron chi connectivity index (χ4n) is 2.67. The molecule has 0 saturated heterocycles. The van der Waals surface area contributed by atoms with Crippen LogP contribution in [0.2, 0.25) is 0 Å². The van der Waals surface area contributed by atoms with Crippen molar-refractivity contribution in [2.45, 2.75) is 25.7 Å². The highest BCUT2D eigenvalue weighted by Gasteiger charge is 2.36. The van der Waals surface area contributed by atoms with Crippen molar-refractivity contribution in [3.63, 3.8) is 0 Å². The lowest BCUT2D eigenvalue weighted by Gasteiger charge is -2.19. The number of aromatic nitrogens is 3. The van der Waals surface area contributed by atoms with Crippen LogP contribution in [0.3, 0.4) is 0 Å². The smallest absolute Gasteiger partial charge is 0.357 e. The summed E-state index contributed by atoms with van der Waals surface area (Å²) in [6.45, 7) is 1.36. The lowest BCUT2D eigenvalue weighted by Crippen LogP contribution is -2.33. The van der Waals surface area contributed by atoms with Crippen LogP contribution < -0.4 is 16.0 Å². The quantitative estimate of drug-likeness (QED) is 0.270. The molecule has 3 N–H and O–H groups in total. The Balaban J connectivity index is 1.79. The van der Waals surface area contributed by atoms with Crippen LogP contribution in [0, 0.1) is 12.3 Å². The van der Waals surface area contributed by atoms with E-state index in [4.69, 9.17) is 6.42 Å². The molecule has 3 rings (SSSR count). The molecule has 0 aliphatic rings. The molecule has 3 aromatic rings. The van der Waals surface area contributed by atoms with E-state index in [1.807, 2.05) is 24.3 Å². The topological polar surface area (TPSA) is 99.5 Å². The first-order chi connectivity index (χ1) is 15.8. The summed E-state index contributed by atoms with van der Waals surface area (Å²) < 4.78 is 39.3. The molecule has 8 nitrogen and oxygen atoms in total. The van der Waals surface area contributed by atoms with Gasteiger partial charge in [0.05, 0.1) is 11.9 Å². The number of benzene rings is 1. The molecule has 0 saturated carbocycles. The number of rotatable bonds is 8. The van der Waals surface area contributed by atoms with Gasteiger partial charge in [-0.05, 0) is 36.8 Å². The van der Waals surface area contributed by atoms with Gasteiger partial charge in [-0.25, -0.2) is 15.0 Å². The standard InChI is InChI=1S/C22H21F3N8/c1-4-16-9-10-18-19(31-16)20(30-14(2)22(23,24)25)33-21(32-18)28-11-15-5-7-17(8-6-15)29-13-27-12-26-3/h1,5-10,12-14H,11H2,2-3H3,(H,26,27,29)(H2,28,30,32,33)/t14-/m0/s1. The zero-order valence-corrected chi connectivity index (χ0v) is 17.9. The molecule has 1 atom stereocenters. The number of hydrogen-bond acceptors (Lipinski definition) is 6. The molecule has 0 unspecified atom stereocenters. The van der Waals surface area contributed by atoms with Gasteiger partial charge < -0.3 is 16.0 Å². The molecule has 0 fully saturated rings. The number of fused-ring (bicyclic) bond motifs is 1. The van der Waals surface area contributed by atoms with E-state index < -0.39 is 12.2 Å². The van der Waals surface area contributed by atoms with E-state index in [-0.39, 0.29) is 23.0 Å². The highest BCUT2D eigenvalue weighted by molar-refractivity contribution is 5.87. The molecule has 2 aromatic heterocycles. The van der Waals surface area contributed by atoms with Crippen LogP contribution in [0.15, 0.2) is 46.4 Å². The Morgan fingerprint density at radius 1 is 1.12 bits per heavy atom. The second-order valence-corrected chi connectivity index (χ2v) is 6.86. The Morgan fingerprint density at radius 2 is 1.88 bits per heavy atom. The van der Waals surface area contributed by atoms with Gasteiger partial charge in [0.2, 0.25) is 5.95 Å². The number of halogens is 3. The van der Waals surface area contributed by atoms with Crippen molar-refractivity contribution in [1.29, 1.82) is 0 Å². The summed E-state index contributed by atoms with van der Waals surface area (Å²) in [5.74, 6) is 2.46. The maximum atomic E-state index is 13.1. The van der Waals surface area contributed by atoms with E-state index in [9.17, 15) is 13.2 Å². The van der Waals surface area contributed by atoms with Crippen molar-refractivity contribution >= 4 is 41.2 Å². The number of terminal acetylenes is 1. The fourth-order valence-corrected chi connectivity index (χ4v) is 2.67. The average Bonchev–Trinajstić information content (AvgIpc) is 2.80. The largest absolute Gasteiger partial charge is 0.408 e. The molecule has 1 aromatic carbocycles. The maximum absolute atomic E-state index is 13.1. The van der Waals surface area contributed by atoms with Crippen molar-refractivity contribution < 1.29 is 13.2 Å². The van der Waals surface area contributed by atoms with Crippen LogP contribution in [0.4, 0.5) is 30.6 Å². The van der Waals surface area contributed by atoms with Crippen molar-refractivity contribution in [1.82, 2.24) is 15.0 Å². The minimum absolute atomic E-state index is 0.0566. The van der Waals surface area contributed by atoms with Crippen molar-refractivity contribution in [3.8, 4) is 12.3 Å². The third-order valence-corrected chi connectivity index (χ3v) is 4.43. The van der Waals surface area contributed by atoms with E-state index in [0.29, 0.717) is 12.1 Å². The minimum Gasteiger partial charge on any atom is -0.357 e. The molecule has 0 amide bonds. The highest BCUT2D eigenvalue weighted by atomic mass is 19.4. The minimum atomic E-state index is -4.46. The van der Waals surface area contributed by atoms with Crippen LogP contribution in [-0.4, -0.2) is 46.9 Å². The molecular formula is C22H21F3N8. The van der Waals surface area contributed by atoms with E-state index in [1.54, 1.807) is 19.2 Å². The lowest BCUT2D eigenvalue weighted by atomic mass is 10.2. The summed E-state index contributed by atoms with van der Waals surface area (Å²) in [7, 11) is 1.62. The zero-order valence-electron chi connectivity index (χ0n) is 17.9. The Labute approximate surface area is 188 Å². The van der Waals surface area contributed by atoms with Crippen molar-refractivity contribution in [3.05, 3.63) is 47.7 Å². The summed E-state index contributed by atoms with van der Waals surface area (Å²) in [5, 5.41) is 8.41. The first kappa shape index (κ1) is 23.5. The molecule has 0 aliphatic heterocycles. The third-order valence-electron chi connectivity index (χ3n) is 4.43. The Morgan fingerprint density at radius 3 is 2.55 bits per heavy atom. The van der Waals surface area contributed by atoms with Gasteiger partial charge in [-0.15, -0.1) is 6.42 Å². The second kappa shape index (κ2) is 10.4. The summed E-state index contributed by atoms with van der Waals surface area (Å²) in [6, 6.07) is 8.80. The Kier molecular flexibility index (Phi) is 7.40. The second-order valence-electron chi connectivity index (χ2n) is 6.86. The molecule has 0 bridgehead atoms. The zero-order chi connectivity index (χ0) is 23.8. The van der Waals surface area contributed by atoms with Crippen LogP contribution in [-0.2, 0) is 6.54 Å². The van der Waals surface area contributed by atoms with Crippen LogP contribution >= 0.6 is 0 Å². The van der Waals surface area contributed by atoms with E-state index in [1.165, 1.54) is 12.7 Å². The van der Waals surface area contributed by atoms with Gasteiger partial charge in [-0.2, -0.15) is 18.2 Å². The number of alkyl halides is 3. The molecule has 170 valence electrons. The van der Waals surface area contributed by atoms with E-state index >= 15 is 0 Å². The molecule has 0 aliphatic carbocycles. The maximum Gasteiger partial charge on any atom is 0.408 e. The molecule has 2 heterocycles. The fraction of sp³-hybridized carbons (Fsp3) is 0.227. The van der Waals surface area contributed by atoms with E-state index in [2.05, 4.69) is 46.8 Å². The lowest BCUT2D eigenvalue weighted by molar-refractivity contribution is -0.138. The highest BCUT2D eigenvalue weighted by Crippen LogP contribution is 2.27. The van der Waals surface area contributed by atoms with Gasteiger partial charge in [0, 0.05) is 19.3 Å². The van der Waals surface area contributed by atoms with E-state index in [0.717, 1.165) is 18.2 Å². The van der Waals surface area contributed by atoms with Crippen LogP contribution in [0.25, 0.3) is 11.0 Å². The molecule has 0 spiro atoms. The van der Waals surface area contributed by atoms with Gasteiger partial charge in [0.1, 0.15) is 23.6 Å². The summed E-state index contributed by atoms with van der Waals surface area (Å²) in [6.07, 6.45) is 3.84. The number of nitrogens with one attached hydrogen (secondary N) is 3. The predicted octanol–water partition coefficient (Wildman–Crippen LogP) is 4.08. The van der Waals surface area contributed by atoms with Crippen molar-refractivity contribution in [2.24, 2.45) is 9.98 Å². The van der Waals surface area contributed by atoms with Gasteiger partial charge in [0.25, 0.3) is 0 Å². The first-order valence-electron chi connectivity index (χ1n) is 9.80. The predicted molar refractivity (Wildman–Crippen MR) is 125 cm³/mol. The summed E-state index contributed by atoms with van der Waals surface area (Å²) in [5.41, 5.74) is 2.54. The van der Waals surface area contributed by atoms with Crippen molar-refractivity contribution in [2.75, 3.05) is 23.0 Å². The molecule has 11 heteroatoms. The van der Waals surface area contributed by atoms with Crippen LogP contribution in [0.1, 0.15) is 18.2 Å². The average molecular weight is 454 g/mol. The molecule has 0 radical (unpaired) electrons. The number of aliphatic imine (C=N–C) groups is 2. The molecule has 33 heavy (non-hydrogen) atoms. The summed E-state index contributed by atoms with van der Waals surface area (Å²) in [4.78, 5) is 20.4. The Hall–Kier alpha value is -4.20. The van der Waals surface area contributed by atoms with Crippen LogP contribution in [0.5, 0.6) is 0 Å². The number of pyridine rings is 1. The first-order valence-corrected chi connectivity index (χ1v) is 9.80. The summed E-state index contributed by atoms with van der Waals surface area (Å²) >= 11 is 0. The molecular weight excluding hydrogens is 433 g/mol. The van der Waals surface area contributed by atoms with Gasteiger partial charge in [-0.3, -0.25) is 4.99 Å². The Bertz CT molecular complexity index is 1200.